The molecule has 5 N–H and O–H groups in total. The Morgan fingerprint density at radius 2 is 1.59 bits per heavy atom. The topological polar surface area (TPSA) is 163 Å². The first-order chi connectivity index (χ1) is 15.1. The summed E-state index contributed by atoms with van der Waals surface area (Å²) in [6.45, 7) is 2.91. The van der Waals surface area contributed by atoms with Gasteiger partial charge in [-0.2, -0.15) is 0 Å². The molecule has 32 heavy (non-hydrogen) atoms. The number of benzene rings is 2. The second kappa shape index (κ2) is 7.75. The first-order valence-corrected chi connectivity index (χ1v) is 9.80. The van der Waals surface area contributed by atoms with Crippen molar-refractivity contribution in [1.29, 1.82) is 0 Å². The fourth-order valence-corrected chi connectivity index (χ4v) is 3.97. The van der Waals surface area contributed by atoms with Gasteiger partial charge in [-0.1, -0.05) is 0 Å². The number of phenolic OH excluding ortho intramolecular Hbond substituents is 2. The maximum Gasteiger partial charge on any atom is 0.229 e. The van der Waals surface area contributed by atoms with Crippen LogP contribution in [0.2, 0.25) is 0 Å². The Kier molecular flexibility index (Phi) is 5.33. The molecule has 1 aliphatic heterocycles. The lowest BCUT2D eigenvalue weighted by Gasteiger charge is -2.39. The largest absolute Gasteiger partial charge is 0.507 e. The quantitative estimate of drug-likeness (QED) is 0.380. The fourth-order valence-electron chi connectivity index (χ4n) is 3.97. The summed E-state index contributed by atoms with van der Waals surface area (Å²) in [5.41, 5.74) is -0.840. The van der Waals surface area contributed by atoms with Crippen molar-refractivity contribution in [3.63, 3.8) is 0 Å². The van der Waals surface area contributed by atoms with Crippen molar-refractivity contribution in [3.05, 3.63) is 46.0 Å². The first kappa shape index (κ1) is 22.0. The molecule has 0 amide bonds. The van der Waals surface area contributed by atoms with E-state index in [1.807, 2.05) is 0 Å². The average Bonchev–Trinajstić information content (AvgIpc) is 2.77. The molecule has 0 radical (unpaired) electrons. The number of aliphatic hydroxyl groups excluding tert-OH is 3. The van der Waals surface area contributed by atoms with Gasteiger partial charge in [-0.05, 0) is 32.0 Å². The van der Waals surface area contributed by atoms with E-state index in [9.17, 15) is 35.1 Å². The van der Waals surface area contributed by atoms with Gasteiger partial charge in [-0.25, -0.2) is 0 Å². The van der Waals surface area contributed by atoms with Crippen LogP contribution in [0.15, 0.2) is 18.2 Å². The molecule has 1 aliphatic carbocycles. The molecular weight excluding hydrogens is 424 g/mol. The average molecular weight is 446 g/mol. The molecule has 2 aromatic rings. The summed E-state index contributed by atoms with van der Waals surface area (Å²) >= 11 is 0. The van der Waals surface area contributed by atoms with Crippen molar-refractivity contribution in [3.8, 4) is 23.0 Å². The summed E-state index contributed by atoms with van der Waals surface area (Å²) in [4.78, 5) is 26.3. The molecule has 170 valence electrons. The molecule has 1 fully saturated rings. The number of hydrogen-bond donors (Lipinski definition) is 5. The molecule has 2 aromatic carbocycles. The highest BCUT2D eigenvalue weighted by molar-refractivity contribution is 6.31. The van der Waals surface area contributed by atoms with E-state index in [0.717, 1.165) is 0 Å². The van der Waals surface area contributed by atoms with Gasteiger partial charge in [0.25, 0.3) is 0 Å². The SMILES string of the molecule is COc1ccc(O)c2c1C(=O)c1c(cc(O[C@H]3O[C@@H](C)[C@H](O)[C@H](O)[C@@H]3O)c(C)c1O)C2=O. The van der Waals surface area contributed by atoms with Crippen LogP contribution in [0.25, 0.3) is 0 Å². The van der Waals surface area contributed by atoms with E-state index in [2.05, 4.69) is 0 Å². The maximum atomic E-state index is 13.2. The predicted molar refractivity (Wildman–Crippen MR) is 107 cm³/mol. The van der Waals surface area contributed by atoms with Crippen molar-refractivity contribution in [2.24, 2.45) is 0 Å². The molecule has 0 bridgehead atoms. The number of methoxy groups -OCH3 is 1. The minimum absolute atomic E-state index is 0.0689. The van der Waals surface area contributed by atoms with E-state index in [-0.39, 0.29) is 39.3 Å². The summed E-state index contributed by atoms with van der Waals surface area (Å²) in [7, 11) is 1.31. The molecule has 0 aromatic heterocycles. The lowest BCUT2D eigenvalue weighted by atomic mass is 9.81. The van der Waals surface area contributed by atoms with Crippen molar-refractivity contribution < 1.29 is 49.3 Å². The zero-order valence-electron chi connectivity index (χ0n) is 17.4. The molecule has 0 spiro atoms. The van der Waals surface area contributed by atoms with Crippen LogP contribution in [0, 0.1) is 6.92 Å². The number of ketones is 2. The van der Waals surface area contributed by atoms with E-state index in [0.29, 0.717) is 0 Å². The number of ether oxygens (including phenoxy) is 3. The number of hydrogen-bond acceptors (Lipinski definition) is 10. The third-order valence-corrected chi connectivity index (χ3v) is 5.85. The second-order valence-corrected chi connectivity index (χ2v) is 7.77. The van der Waals surface area contributed by atoms with Gasteiger partial charge in [0, 0.05) is 11.1 Å². The molecule has 2 aliphatic rings. The molecule has 4 rings (SSSR count). The number of carbonyl (C=O) groups excluding carboxylic acids is 2. The van der Waals surface area contributed by atoms with Crippen LogP contribution >= 0.6 is 0 Å². The van der Waals surface area contributed by atoms with Crippen LogP contribution < -0.4 is 9.47 Å². The standard InChI is InChI=1S/C22H22O10/c1-7-12(32-22-21(29)20(28)17(25)8(2)31-22)6-9-13(16(7)24)19(27)15-11(30-3)5-4-10(23)14(15)18(9)26/h4-6,8,17,20-25,28-29H,1-3H3/t8-,17-,20-,21-,22+/m0/s1. The van der Waals surface area contributed by atoms with Gasteiger partial charge in [-0.15, -0.1) is 0 Å². The Labute approximate surface area is 182 Å². The smallest absolute Gasteiger partial charge is 0.229 e. The van der Waals surface area contributed by atoms with Crippen molar-refractivity contribution in [2.75, 3.05) is 7.11 Å². The molecule has 10 heteroatoms. The van der Waals surface area contributed by atoms with Crippen LogP contribution in [0.4, 0.5) is 0 Å². The Balaban J connectivity index is 1.80. The lowest BCUT2D eigenvalue weighted by Crippen LogP contribution is -2.58. The zero-order valence-corrected chi connectivity index (χ0v) is 17.4. The summed E-state index contributed by atoms with van der Waals surface area (Å²) in [6, 6.07) is 3.76. The third kappa shape index (κ3) is 3.11. The summed E-state index contributed by atoms with van der Waals surface area (Å²) < 4.78 is 16.2. The van der Waals surface area contributed by atoms with Crippen molar-refractivity contribution in [2.45, 2.75) is 44.6 Å². The van der Waals surface area contributed by atoms with Gasteiger partial charge >= 0.3 is 0 Å². The van der Waals surface area contributed by atoms with Gasteiger partial charge in [0.1, 0.15) is 41.3 Å². The lowest BCUT2D eigenvalue weighted by molar-refractivity contribution is -0.268. The van der Waals surface area contributed by atoms with Crippen molar-refractivity contribution >= 4 is 11.6 Å². The molecule has 0 unspecified atom stereocenters. The number of fused-ring (bicyclic) bond motifs is 2. The Morgan fingerprint density at radius 1 is 0.906 bits per heavy atom. The number of rotatable bonds is 3. The molecule has 5 atom stereocenters. The van der Waals surface area contributed by atoms with E-state index in [4.69, 9.17) is 14.2 Å². The molecule has 1 heterocycles. The van der Waals surface area contributed by atoms with E-state index < -0.39 is 53.8 Å². The Hall–Kier alpha value is -3.18. The van der Waals surface area contributed by atoms with Gasteiger partial charge in [0.05, 0.1) is 29.9 Å². The molecule has 0 saturated carbocycles. The number of aromatic hydroxyl groups is 2. The highest BCUT2D eigenvalue weighted by Crippen LogP contribution is 2.44. The Bertz CT molecular complexity index is 1120. The molecular formula is C22H22O10. The third-order valence-electron chi connectivity index (χ3n) is 5.85. The van der Waals surface area contributed by atoms with E-state index in [1.54, 1.807) is 0 Å². The van der Waals surface area contributed by atoms with Gasteiger partial charge in [0.15, 0.2) is 5.78 Å². The van der Waals surface area contributed by atoms with Gasteiger partial charge in [0.2, 0.25) is 12.1 Å². The van der Waals surface area contributed by atoms with Crippen molar-refractivity contribution in [1.82, 2.24) is 0 Å². The zero-order chi connectivity index (χ0) is 23.5. The van der Waals surface area contributed by atoms with E-state index in [1.165, 1.54) is 39.2 Å². The predicted octanol–water partition coefficient (Wildman–Crippen LogP) is 0.397. The van der Waals surface area contributed by atoms with Crippen LogP contribution in [-0.4, -0.2) is 74.9 Å². The maximum absolute atomic E-state index is 13.2. The van der Waals surface area contributed by atoms with Crippen LogP contribution in [-0.2, 0) is 4.74 Å². The number of phenols is 2. The summed E-state index contributed by atoms with van der Waals surface area (Å²) in [5.74, 6) is -2.42. The second-order valence-electron chi connectivity index (χ2n) is 7.77. The molecule has 1 saturated heterocycles. The van der Waals surface area contributed by atoms with Crippen LogP contribution in [0.5, 0.6) is 23.0 Å². The normalized spacial score (nSPS) is 27.0. The first-order valence-electron chi connectivity index (χ1n) is 9.80. The van der Waals surface area contributed by atoms with Crippen LogP contribution in [0.3, 0.4) is 0 Å². The Morgan fingerprint density at radius 3 is 2.25 bits per heavy atom. The minimum Gasteiger partial charge on any atom is -0.507 e. The number of carbonyl (C=O) groups is 2. The number of aliphatic hydroxyl groups is 3. The van der Waals surface area contributed by atoms with Gasteiger partial charge in [-0.3, -0.25) is 9.59 Å². The minimum atomic E-state index is -1.62. The van der Waals surface area contributed by atoms with Crippen LogP contribution in [0.1, 0.15) is 44.3 Å². The summed E-state index contributed by atoms with van der Waals surface area (Å²) in [6.07, 6.45) is -6.80. The molecule has 10 nitrogen and oxygen atoms in total. The highest BCUT2D eigenvalue weighted by Gasteiger charge is 2.44. The fraction of sp³-hybridized carbons (Fsp3) is 0.364. The van der Waals surface area contributed by atoms with E-state index >= 15 is 0 Å². The highest BCUT2D eigenvalue weighted by atomic mass is 16.7. The monoisotopic (exact) mass is 446 g/mol. The van der Waals surface area contributed by atoms with Gasteiger partial charge < -0.3 is 39.7 Å². The summed E-state index contributed by atoms with van der Waals surface area (Å²) in [5, 5.41) is 51.0.